The maximum Gasteiger partial charge on any atom is 0.142 e. The molecule has 0 aromatic rings. The molecule has 0 aliphatic heterocycles. The van der Waals surface area contributed by atoms with Crippen LogP contribution in [0.25, 0.3) is 0 Å². The van der Waals surface area contributed by atoms with Crippen LogP contribution >= 0.6 is 0 Å². The predicted octanol–water partition coefficient (Wildman–Crippen LogP) is 2.07. The van der Waals surface area contributed by atoms with Crippen LogP contribution in [0.5, 0.6) is 0 Å². The first kappa shape index (κ1) is 10.5. The van der Waals surface area contributed by atoms with Crippen LogP contribution < -0.4 is 0 Å². The summed E-state index contributed by atoms with van der Waals surface area (Å²) in [6.45, 7) is 3.85. The molecule has 1 saturated carbocycles. The molecule has 2 atom stereocenters. The van der Waals surface area contributed by atoms with Crippen LogP contribution in [0.3, 0.4) is 0 Å². The minimum atomic E-state index is -0.804. The van der Waals surface area contributed by atoms with Gasteiger partial charge in [0.25, 0.3) is 0 Å². The van der Waals surface area contributed by atoms with Crippen molar-refractivity contribution in [3.05, 3.63) is 12.2 Å². The highest BCUT2D eigenvalue weighted by molar-refractivity contribution is 5.86. The Morgan fingerprint density at radius 3 is 2.85 bits per heavy atom. The Morgan fingerprint density at radius 1 is 1.69 bits per heavy atom. The number of hydrogen-bond donors (Lipinski definition) is 1. The first-order valence-corrected chi connectivity index (χ1v) is 4.99. The lowest BCUT2D eigenvalue weighted by Crippen LogP contribution is -2.30. The van der Waals surface area contributed by atoms with E-state index in [0.717, 1.165) is 12.8 Å². The smallest absolute Gasteiger partial charge is 0.142 e. The van der Waals surface area contributed by atoms with Gasteiger partial charge in [0.2, 0.25) is 0 Å². The number of ketones is 1. The lowest BCUT2D eigenvalue weighted by atomic mass is 9.92. The maximum absolute atomic E-state index is 11.4. The summed E-state index contributed by atoms with van der Waals surface area (Å²) in [6.07, 6.45) is 7.07. The van der Waals surface area contributed by atoms with Crippen molar-refractivity contribution >= 4 is 5.78 Å². The van der Waals surface area contributed by atoms with E-state index >= 15 is 0 Å². The summed E-state index contributed by atoms with van der Waals surface area (Å²) < 4.78 is 0. The summed E-state index contributed by atoms with van der Waals surface area (Å²) in [4.78, 5) is 11.4. The Kier molecular flexibility index (Phi) is 3.26. The molecule has 2 unspecified atom stereocenters. The van der Waals surface area contributed by atoms with Crippen molar-refractivity contribution in [1.82, 2.24) is 0 Å². The molecule has 0 aromatic heterocycles. The van der Waals surface area contributed by atoms with Crippen LogP contribution in [0.2, 0.25) is 0 Å². The van der Waals surface area contributed by atoms with Crippen molar-refractivity contribution in [3.8, 4) is 0 Å². The largest absolute Gasteiger partial charge is 0.389 e. The number of allylic oxidation sites excluding steroid dienone is 1. The Bertz CT molecular complexity index is 216. The topological polar surface area (TPSA) is 37.3 Å². The molecule has 13 heavy (non-hydrogen) atoms. The van der Waals surface area contributed by atoms with Gasteiger partial charge in [-0.2, -0.15) is 0 Å². The third kappa shape index (κ3) is 2.41. The molecule has 0 aromatic carbocycles. The van der Waals surface area contributed by atoms with Gasteiger partial charge in [0, 0.05) is 6.42 Å². The highest BCUT2D eigenvalue weighted by atomic mass is 16.3. The number of carbonyl (C=O) groups excluding carboxylic acids is 1. The first-order chi connectivity index (χ1) is 6.08. The molecule has 0 spiro atoms. The van der Waals surface area contributed by atoms with Crippen molar-refractivity contribution in [2.75, 3.05) is 0 Å². The Balaban J connectivity index is 2.60. The molecule has 0 bridgehead atoms. The lowest BCUT2D eigenvalue weighted by Gasteiger charge is -2.21. The summed E-state index contributed by atoms with van der Waals surface area (Å²) in [5, 5.41) is 9.85. The number of carbonyl (C=O) groups is 1. The average molecular weight is 182 g/mol. The molecule has 0 amide bonds. The van der Waals surface area contributed by atoms with Gasteiger partial charge in [-0.15, -0.1) is 0 Å². The van der Waals surface area contributed by atoms with E-state index in [1.54, 1.807) is 6.92 Å². The van der Waals surface area contributed by atoms with Gasteiger partial charge in [-0.05, 0) is 19.8 Å². The highest BCUT2D eigenvalue weighted by Gasteiger charge is 2.41. The van der Waals surface area contributed by atoms with Gasteiger partial charge >= 0.3 is 0 Å². The van der Waals surface area contributed by atoms with Gasteiger partial charge in [0.05, 0.1) is 11.5 Å². The van der Waals surface area contributed by atoms with Gasteiger partial charge in [-0.1, -0.05) is 25.5 Å². The van der Waals surface area contributed by atoms with Gasteiger partial charge in [0.1, 0.15) is 5.78 Å². The van der Waals surface area contributed by atoms with E-state index in [9.17, 15) is 9.90 Å². The van der Waals surface area contributed by atoms with Crippen molar-refractivity contribution in [2.24, 2.45) is 5.92 Å². The van der Waals surface area contributed by atoms with E-state index in [0.29, 0.717) is 12.8 Å². The van der Waals surface area contributed by atoms with E-state index in [1.807, 2.05) is 12.2 Å². The quantitative estimate of drug-likeness (QED) is 0.678. The van der Waals surface area contributed by atoms with Crippen LogP contribution in [0.15, 0.2) is 12.2 Å². The first-order valence-electron chi connectivity index (χ1n) is 4.99. The second-order valence-corrected chi connectivity index (χ2v) is 4.02. The van der Waals surface area contributed by atoms with Gasteiger partial charge < -0.3 is 5.11 Å². The van der Waals surface area contributed by atoms with Gasteiger partial charge in [-0.25, -0.2) is 0 Å². The molecule has 1 fully saturated rings. The zero-order valence-electron chi connectivity index (χ0n) is 8.42. The van der Waals surface area contributed by atoms with Crippen molar-refractivity contribution < 1.29 is 9.90 Å². The molecule has 1 rings (SSSR count). The minimum absolute atomic E-state index is 0.178. The molecule has 74 valence electrons. The lowest BCUT2D eigenvalue weighted by molar-refractivity contribution is -0.121. The van der Waals surface area contributed by atoms with Gasteiger partial charge in [-0.3, -0.25) is 4.79 Å². The Labute approximate surface area is 79.6 Å². The molecule has 0 radical (unpaired) electrons. The number of hydrogen-bond acceptors (Lipinski definition) is 2. The standard InChI is InChI=1S/C11H18O2/c1-3-4-5-6-9-10(12)7-8-11(9,2)13/h5-6,9,13H,3-4,7-8H2,1-2H3. The molecule has 2 heteroatoms. The molecule has 1 aliphatic rings. The van der Waals surface area contributed by atoms with E-state index in [-0.39, 0.29) is 11.7 Å². The SMILES string of the molecule is CCCC=CC1C(=O)CCC1(C)O. The predicted molar refractivity (Wildman–Crippen MR) is 52.4 cm³/mol. The third-order valence-electron chi connectivity index (χ3n) is 2.68. The Hall–Kier alpha value is -0.630. The number of Topliss-reactive ketones (excluding diaryl/α,β-unsaturated/α-hetero) is 1. The zero-order chi connectivity index (χ0) is 9.90. The normalized spacial score (nSPS) is 34.7. The summed E-state index contributed by atoms with van der Waals surface area (Å²) in [6, 6.07) is 0. The second-order valence-electron chi connectivity index (χ2n) is 4.02. The monoisotopic (exact) mass is 182 g/mol. The fourth-order valence-electron chi connectivity index (χ4n) is 1.75. The van der Waals surface area contributed by atoms with Crippen molar-refractivity contribution in [3.63, 3.8) is 0 Å². The van der Waals surface area contributed by atoms with Crippen molar-refractivity contribution in [2.45, 2.75) is 45.1 Å². The number of unbranched alkanes of at least 4 members (excludes halogenated alkanes) is 1. The summed E-state index contributed by atoms with van der Waals surface area (Å²) in [7, 11) is 0. The average Bonchev–Trinajstić information content (AvgIpc) is 2.31. The minimum Gasteiger partial charge on any atom is -0.389 e. The fraction of sp³-hybridized carbons (Fsp3) is 0.727. The van der Waals surface area contributed by atoms with E-state index < -0.39 is 5.60 Å². The van der Waals surface area contributed by atoms with E-state index in [2.05, 4.69) is 6.92 Å². The maximum atomic E-state index is 11.4. The van der Waals surface area contributed by atoms with Crippen LogP contribution in [-0.2, 0) is 4.79 Å². The number of aliphatic hydroxyl groups is 1. The van der Waals surface area contributed by atoms with Gasteiger partial charge in [0.15, 0.2) is 0 Å². The molecular weight excluding hydrogens is 164 g/mol. The van der Waals surface area contributed by atoms with Crippen LogP contribution in [0.4, 0.5) is 0 Å². The fourth-order valence-corrected chi connectivity index (χ4v) is 1.75. The molecule has 1 aliphatic carbocycles. The molecule has 1 N–H and O–H groups in total. The van der Waals surface area contributed by atoms with Crippen LogP contribution in [-0.4, -0.2) is 16.5 Å². The van der Waals surface area contributed by atoms with Crippen LogP contribution in [0, 0.1) is 5.92 Å². The van der Waals surface area contributed by atoms with Crippen molar-refractivity contribution in [1.29, 1.82) is 0 Å². The molecule has 0 heterocycles. The summed E-state index contributed by atoms with van der Waals surface area (Å²) in [5.41, 5.74) is -0.804. The Morgan fingerprint density at radius 2 is 2.38 bits per heavy atom. The van der Waals surface area contributed by atoms with E-state index in [4.69, 9.17) is 0 Å². The highest BCUT2D eigenvalue weighted by Crippen LogP contribution is 2.33. The molecular formula is C11H18O2. The van der Waals surface area contributed by atoms with Crippen LogP contribution in [0.1, 0.15) is 39.5 Å². The molecule has 2 nitrogen and oxygen atoms in total. The number of rotatable bonds is 3. The molecule has 0 saturated heterocycles. The third-order valence-corrected chi connectivity index (χ3v) is 2.68. The summed E-state index contributed by atoms with van der Waals surface area (Å²) in [5.74, 6) is -0.0867. The second kappa shape index (κ2) is 4.05. The van der Waals surface area contributed by atoms with E-state index in [1.165, 1.54) is 0 Å². The summed E-state index contributed by atoms with van der Waals surface area (Å²) >= 11 is 0. The zero-order valence-corrected chi connectivity index (χ0v) is 8.42.